The van der Waals surface area contributed by atoms with E-state index in [0.29, 0.717) is 0 Å². The van der Waals surface area contributed by atoms with Crippen LogP contribution >= 0.6 is 0 Å². The van der Waals surface area contributed by atoms with Crippen LogP contribution in [0.5, 0.6) is 0 Å². The fourth-order valence-electron chi connectivity index (χ4n) is 1.60. The van der Waals surface area contributed by atoms with E-state index >= 15 is 0 Å². The summed E-state index contributed by atoms with van der Waals surface area (Å²) in [5.41, 5.74) is -0.0921. The molecule has 9 nitrogen and oxygen atoms in total. The van der Waals surface area contributed by atoms with Crippen LogP contribution < -0.4 is 10.0 Å². The normalized spacial score (nSPS) is 10.9. The van der Waals surface area contributed by atoms with Crippen LogP contribution in [0.4, 0.5) is 17.2 Å². The van der Waals surface area contributed by atoms with Crippen LogP contribution in [0, 0.1) is 10.1 Å². The first kappa shape index (κ1) is 14.7. The van der Waals surface area contributed by atoms with E-state index in [1.807, 2.05) is 0 Å². The van der Waals surface area contributed by atoms with Gasteiger partial charge in [0.2, 0.25) is 0 Å². The zero-order valence-corrected chi connectivity index (χ0v) is 11.7. The fraction of sp³-hybridized carbons (Fsp3) is 0.0909. The minimum atomic E-state index is -4.03. The van der Waals surface area contributed by atoms with Gasteiger partial charge in [0, 0.05) is 25.4 Å². The van der Waals surface area contributed by atoms with Crippen molar-refractivity contribution in [3.63, 3.8) is 0 Å². The Morgan fingerprint density at radius 3 is 2.62 bits per heavy atom. The maximum atomic E-state index is 12.3. The fourth-order valence-corrected chi connectivity index (χ4v) is 2.83. The lowest BCUT2D eigenvalue weighted by Gasteiger charge is -2.11. The number of nitrogens with zero attached hydrogens (tertiary/aromatic N) is 3. The van der Waals surface area contributed by atoms with Crippen molar-refractivity contribution in [2.24, 2.45) is 0 Å². The summed E-state index contributed by atoms with van der Waals surface area (Å²) in [5, 5.41) is 20.6. The number of nitro groups is 1. The van der Waals surface area contributed by atoms with Crippen molar-refractivity contribution in [2.45, 2.75) is 4.90 Å². The molecule has 1 heterocycles. The van der Waals surface area contributed by atoms with Crippen molar-refractivity contribution < 1.29 is 13.3 Å². The summed E-state index contributed by atoms with van der Waals surface area (Å²) >= 11 is 0. The van der Waals surface area contributed by atoms with E-state index in [0.717, 1.165) is 6.07 Å². The second-order valence-electron chi connectivity index (χ2n) is 3.90. The summed E-state index contributed by atoms with van der Waals surface area (Å²) < 4.78 is 26.8. The van der Waals surface area contributed by atoms with Crippen molar-refractivity contribution in [3.05, 3.63) is 46.6 Å². The molecule has 110 valence electrons. The molecule has 2 aromatic rings. The number of hydrogen-bond acceptors (Lipinski definition) is 7. The van der Waals surface area contributed by atoms with Gasteiger partial charge in [-0.3, -0.25) is 14.8 Å². The molecule has 0 saturated carbocycles. The van der Waals surface area contributed by atoms with Crippen LogP contribution in [0.2, 0.25) is 0 Å². The molecule has 0 fully saturated rings. The van der Waals surface area contributed by atoms with Gasteiger partial charge < -0.3 is 5.32 Å². The molecule has 2 rings (SSSR count). The number of hydrogen-bond donors (Lipinski definition) is 2. The van der Waals surface area contributed by atoms with E-state index < -0.39 is 14.9 Å². The molecule has 0 aliphatic rings. The predicted molar refractivity (Wildman–Crippen MR) is 75.5 cm³/mol. The number of nitrogens with one attached hydrogen (secondary N) is 2. The summed E-state index contributed by atoms with van der Waals surface area (Å²) in [5.74, 6) is 0.0195. The summed E-state index contributed by atoms with van der Waals surface area (Å²) in [7, 11) is -2.52. The number of anilines is 2. The molecule has 10 heteroatoms. The first-order chi connectivity index (χ1) is 9.94. The van der Waals surface area contributed by atoms with Crippen molar-refractivity contribution in [1.29, 1.82) is 0 Å². The first-order valence-electron chi connectivity index (χ1n) is 5.71. The first-order valence-corrected chi connectivity index (χ1v) is 7.19. The van der Waals surface area contributed by atoms with Crippen LogP contribution in [0.1, 0.15) is 0 Å². The van der Waals surface area contributed by atoms with E-state index in [1.54, 1.807) is 0 Å². The Labute approximate surface area is 120 Å². The quantitative estimate of drug-likeness (QED) is 0.628. The van der Waals surface area contributed by atoms with Crippen molar-refractivity contribution >= 4 is 27.2 Å². The molecule has 0 amide bonds. The van der Waals surface area contributed by atoms with Gasteiger partial charge in [-0.1, -0.05) is 0 Å². The number of non-ortho nitro benzene ring substituents is 1. The number of aromatic nitrogens is 2. The molecule has 0 saturated heterocycles. The highest BCUT2D eigenvalue weighted by atomic mass is 32.2. The summed E-state index contributed by atoms with van der Waals surface area (Å²) in [4.78, 5) is 9.87. The van der Waals surface area contributed by atoms with Crippen LogP contribution in [-0.2, 0) is 10.0 Å². The Balaban J connectivity index is 2.48. The second-order valence-corrected chi connectivity index (χ2v) is 5.55. The Bertz CT molecular complexity index is 763. The van der Waals surface area contributed by atoms with Gasteiger partial charge in [-0.05, 0) is 18.2 Å². The molecule has 0 aliphatic carbocycles. The molecule has 2 N–H and O–H groups in total. The number of sulfonamides is 1. The smallest absolute Gasteiger partial charge is 0.270 e. The van der Waals surface area contributed by atoms with Gasteiger partial charge in [-0.25, -0.2) is 8.42 Å². The minimum absolute atomic E-state index is 0.0195. The third kappa shape index (κ3) is 3.23. The molecule has 1 aromatic carbocycles. The highest BCUT2D eigenvalue weighted by molar-refractivity contribution is 7.92. The summed E-state index contributed by atoms with van der Waals surface area (Å²) in [6.07, 6.45) is 1.39. The lowest BCUT2D eigenvalue weighted by Crippen LogP contribution is -2.16. The van der Waals surface area contributed by atoms with E-state index in [9.17, 15) is 18.5 Å². The Morgan fingerprint density at radius 2 is 2.05 bits per heavy atom. The van der Waals surface area contributed by atoms with Gasteiger partial charge in [0.25, 0.3) is 15.7 Å². The standard InChI is InChI=1S/C11H11N5O4S/c1-12-9-5-4-8(16(17)18)7-10(9)21(19,20)15-11-3-2-6-13-14-11/h2-7,12H,1H3,(H,14,15). The SMILES string of the molecule is CNc1ccc([N+](=O)[O-])cc1S(=O)(=O)Nc1cccnn1. The monoisotopic (exact) mass is 309 g/mol. The molecular weight excluding hydrogens is 298 g/mol. The number of nitro benzene ring substituents is 1. The average Bonchev–Trinajstić information content (AvgIpc) is 2.47. The maximum absolute atomic E-state index is 12.3. The Hall–Kier alpha value is -2.75. The van der Waals surface area contributed by atoms with Gasteiger partial charge in [0.05, 0.1) is 10.6 Å². The third-order valence-electron chi connectivity index (χ3n) is 2.55. The molecule has 0 bridgehead atoms. The molecule has 0 aliphatic heterocycles. The second kappa shape index (κ2) is 5.71. The zero-order chi connectivity index (χ0) is 15.5. The molecule has 0 atom stereocenters. The molecule has 0 spiro atoms. The molecule has 21 heavy (non-hydrogen) atoms. The number of benzene rings is 1. The lowest BCUT2D eigenvalue weighted by molar-refractivity contribution is -0.385. The predicted octanol–water partition coefficient (Wildman–Crippen LogP) is 1.23. The zero-order valence-electron chi connectivity index (χ0n) is 10.8. The maximum Gasteiger partial charge on any atom is 0.270 e. The van der Waals surface area contributed by atoms with Crippen molar-refractivity contribution in [2.75, 3.05) is 17.1 Å². The minimum Gasteiger partial charge on any atom is -0.387 e. The Kier molecular flexibility index (Phi) is 3.98. The molecule has 0 unspecified atom stereocenters. The highest BCUT2D eigenvalue weighted by Gasteiger charge is 2.22. The molecular formula is C11H11N5O4S. The van der Waals surface area contributed by atoms with E-state index in [1.165, 1.54) is 37.5 Å². The Morgan fingerprint density at radius 1 is 1.29 bits per heavy atom. The van der Waals surface area contributed by atoms with Crippen LogP contribution in [0.25, 0.3) is 0 Å². The molecule has 1 aromatic heterocycles. The summed E-state index contributed by atoms with van der Waals surface area (Å²) in [6, 6.07) is 6.44. The molecule has 0 radical (unpaired) electrons. The largest absolute Gasteiger partial charge is 0.387 e. The van der Waals surface area contributed by atoms with Crippen LogP contribution in [-0.4, -0.2) is 30.6 Å². The van der Waals surface area contributed by atoms with Gasteiger partial charge in [-0.15, -0.1) is 5.10 Å². The number of rotatable bonds is 5. The summed E-state index contributed by atoms with van der Waals surface area (Å²) in [6.45, 7) is 0. The van der Waals surface area contributed by atoms with E-state index in [-0.39, 0.29) is 22.1 Å². The van der Waals surface area contributed by atoms with Gasteiger partial charge >= 0.3 is 0 Å². The lowest BCUT2D eigenvalue weighted by atomic mass is 10.3. The van der Waals surface area contributed by atoms with Gasteiger partial charge in [-0.2, -0.15) is 5.10 Å². The van der Waals surface area contributed by atoms with Crippen LogP contribution in [0.15, 0.2) is 41.4 Å². The topological polar surface area (TPSA) is 127 Å². The van der Waals surface area contributed by atoms with Crippen molar-refractivity contribution in [3.8, 4) is 0 Å². The van der Waals surface area contributed by atoms with E-state index in [4.69, 9.17) is 0 Å². The van der Waals surface area contributed by atoms with Gasteiger partial charge in [0.15, 0.2) is 5.82 Å². The highest BCUT2D eigenvalue weighted by Crippen LogP contribution is 2.27. The third-order valence-corrected chi connectivity index (χ3v) is 3.94. The van der Waals surface area contributed by atoms with Gasteiger partial charge in [0.1, 0.15) is 4.90 Å². The average molecular weight is 309 g/mol. The van der Waals surface area contributed by atoms with E-state index in [2.05, 4.69) is 20.2 Å². The van der Waals surface area contributed by atoms with Crippen molar-refractivity contribution in [1.82, 2.24) is 10.2 Å². The van der Waals surface area contributed by atoms with Crippen LogP contribution in [0.3, 0.4) is 0 Å².